The molecule has 0 spiro atoms. The average Bonchev–Trinajstić information content (AvgIpc) is 1.63. The maximum Gasteiger partial charge on any atom is 0.410 e. The van der Waals surface area contributed by atoms with Gasteiger partial charge in [0.25, 0.3) is 0 Å². The number of hydrogen-bond acceptors (Lipinski definition) is 4. The Morgan fingerprint density at radius 1 is 1.44 bits per heavy atom. The standard InChI is InChI=1S/C4H6ClNO3/c1-6(2)9-4(8)3(5)7/h1-2H3. The van der Waals surface area contributed by atoms with E-state index in [1.807, 2.05) is 0 Å². The third-order valence-corrected chi connectivity index (χ3v) is 0.580. The largest absolute Gasteiger partial charge is 0.410 e. The van der Waals surface area contributed by atoms with Crippen molar-refractivity contribution in [3.05, 3.63) is 0 Å². The van der Waals surface area contributed by atoms with Crippen LogP contribution < -0.4 is 0 Å². The molecule has 0 aliphatic heterocycles. The molecule has 0 aliphatic rings. The van der Waals surface area contributed by atoms with Crippen LogP contribution in [0.5, 0.6) is 0 Å². The maximum atomic E-state index is 10.2. The van der Waals surface area contributed by atoms with Gasteiger partial charge in [0.2, 0.25) is 0 Å². The van der Waals surface area contributed by atoms with Gasteiger partial charge in [-0.25, -0.2) is 4.79 Å². The van der Waals surface area contributed by atoms with Crippen molar-refractivity contribution < 1.29 is 14.4 Å². The van der Waals surface area contributed by atoms with Crippen LogP contribution in [0.15, 0.2) is 0 Å². The van der Waals surface area contributed by atoms with E-state index in [1.54, 1.807) is 0 Å². The number of carbonyl (C=O) groups excluding carboxylic acids is 2. The van der Waals surface area contributed by atoms with E-state index in [9.17, 15) is 9.59 Å². The van der Waals surface area contributed by atoms with Gasteiger partial charge in [-0.3, -0.25) is 4.79 Å². The summed E-state index contributed by atoms with van der Waals surface area (Å²) in [6.45, 7) is 0. The van der Waals surface area contributed by atoms with Crippen LogP contribution in [0.1, 0.15) is 0 Å². The van der Waals surface area contributed by atoms with Crippen LogP contribution in [0.2, 0.25) is 0 Å². The topological polar surface area (TPSA) is 46.6 Å². The van der Waals surface area contributed by atoms with E-state index in [0.29, 0.717) is 0 Å². The summed E-state index contributed by atoms with van der Waals surface area (Å²) < 4.78 is 0. The van der Waals surface area contributed by atoms with Gasteiger partial charge in [0.15, 0.2) is 0 Å². The van der Waals surface area contributed by atoms with E-state index in [2.05, 4.69) is 4.84 Å². The van der Waals surface area contributed by atoms with E-state index in [1.165, 1.54) is 14.1 Å². The minimum atomic E-state index is -1.12. The Bertz CT molecular complexity index is 134. The van der Waals surface area contributed by atoms with Crippen molar-refractivity contribution in [3.8, 4) is 0 Å². The lowest BCUT2D eigenvalue weighted by Crippen LogP contribution is -2.22. The summed E-state index contributed by atoms with van der Waals surface area (Å²) in [5, 5.41) is -0.0356. The van der Waals surface area contributed by atoms with E-state index in [0.717, 1.165) is 5.06 Å². The van der Waals surface area contributed by atoms with Crippen LogP contribution in [0.4, 0.5) is 0 Å². The Morgan fingerprint density at radius 3 is 2.00 bits per heavy atom. The highest BCUT2D eigenvalue weighted by Crippen LogP contribution is 1.86. The molecule has 0 fully saturated rings. The fraction of sp³-hybridized carbons (Fsp3) is 0.500. The Morgan fingerprint density at radius 2 is 1.89 bits per heavy atom. The molecule has 0 atom stereocenters. The molecule has 0 aromatic rings. The molecule has 0 heterocycles. The number of hydrogen-bond donors (Lipinski definition) is 0. The van der Waals surface area contributed by atoms with Gasteiger partial charge < -0.3 is 4.84 Å². The number of rotatable bonds is 2. The van der Waals surface area contributed by atoms with Gasteiger partial charge in [-0.1, -0.05) is 0 Å². The Hall–Kier alpha value is -0.610. The number of hydroxylamine groups is 2. The van der Waals surface area contributed by atoms with Crippen LogP contribution in [0.25, 0.3) is 0 Å². The summed E-state index contributed by atoms with van der Waals surface area (Å²) in [6.07, 6.45) is 0. The molecule has 4 nitrogen and oxygen atoms in total. The lowest BCUT2D eigenvalue weighted by Gasteiger charge is -2.05. The predicted octanol–water partition coefficient (Wildman–Crippen LogP) is -0.228. The highest BCUT2D eigenvalue weighted by Gasteiger charge is 2.12. The molecule has 5 heteroatoms. The first kappa shape index (κ1) is 8.39. The molecular weight excluding hydrogens is 146 g/mol. The summed E-state index contributed by atoms with van der Waals surface area (Å²) in [4.78, 5) is 24.4. The Kier molecular flexibility index (Phi) is 3.19. The molecule has 0 unspecified atom stereocenters. The van der Waals surface area contributed by atoms with Crippen LogP contribution in [-0.4, -0.2) is 30.4 Å². The van der Waals surface area contributed by atoms with Crippen molar-refractivity contribution >= 4 is 22.8 Å². The summed E-state index contributed by atoms with van der Waals surface area (Å²) in [5.74, 6) is -1.07. The van der Waals surface area contributed by atoms with E-state index in [4.69, 9.17) is 11.6 Å². The SMILES string of the molecule is CN(C)OC(=O)C(=O)Cl. The van der Waals surface area contributed by atoms with Crippen molar-refractivity contribution in [2.75, 3.05) is 14.1 Å². The van der Waals surface area contributed by atoms with E-state index < -0.39 is 11.2 Å². The monoisotopic (exact) mass is 151 g/mol. The molecule has 0 aromatic carbocycles. The average molecular weight is 152 g/mol. The van der Waals surface area contributed by atoms with Gasteiger partial charge in [0, 0.05) is 14.1 Å². The second kappa shape index (κ2) is 3.42. The molecule has 0 rings (SSSR count). The lowest BCUT2D eigenvalue weighted by molar-refractivity contribution is -0.179. The fourth-order valence-electron chi connectivity index (χ4n) is 0.202. The van der Waals surface area contributed by atoms with Crippen molar-refractivity contribution in [2.45, 2.75) is 0 Å². The molecule has 0 aromatic heterocycles. The normalized spacial score (nSPS) is 9.33. The van der Waals surface area contributed by atoms with Crippen LogP contribution >= 0.6 is 11.6 Å². The van der Waals surface area contributed by atoms with Gasteiger partial charge in [0.1, 0.15) is 0 Å². The highest BCUT2D eigenvalue weighted by atomic mass is 35.5. The number of carbonyl (C=O) groups is 2. The third kappa shape index (κ3) is 3.93. The van der Waals surface area contributed by atoms with Crippen LogP contribution in [0.3, 0.4) is 0 Å². The molecule has 0 saturated carbocycles. The van der Waals surface area contributed by atoms with E-state index in [-0.39, 0.29) is 0 Å². The summed E-state index contributed by atoms with van der Waals surface area (Å²) in [6, 6.07) is 0. The molecule has 9 heavy (non-hydrogen) atoms. The molecule has 0 radical (unpaired) electrons. The second-order valence-corrected chi connectivity index (χ2v) is 1.81. The van der Waals surface area contributed by atoms with Crippen molar-refractivity contribution in [2.24, 2.45) is 0 Å². The molecular formula is C4H6ClNO3. The van der Waals surface area contributed by atoms with Crippen LogP contribution in [-0.2, 0) is 14.4 Å². The zero-order valence-corrected chi connectivity index (χ0v) is 5.81. The minimum absolute atomic E-state index is 1.07. The van der Waals surface area contributed by atoms with Gasteiger partial charge >= 0.3 is 11.2 Å². The Balaban J connectivity index is 3.65. The zero-order chi connectivity index (χ0) is 7.44. The first-order valence-corrected chi connectivity index (χ1v) is 2.51. The molecule has 52 valence electrons. The summed E-state index contributed by atoms with van der Waals surface area (Å²) in [7, 11) is 2.94. The third-order valence-electron chi connectivity index (χ3n) is 0.426. The summed E-state index contributed by atoms with van der Waals surface area (Å²) in [5.41, 5.74) is 0. The summed E-state index contributed by atoms with van der Waals surface area (Å²) >= 11 is 4.73. The quantitative estimate of drug-likeness (QED) is 0.311. The van der Waals surface area contributed by atoms with Gasteiger partial charge in [0.05, 0.1) is 0 Å². The first-order chi connectivity index (χ1) is 4.04. The minimum Gasteiger partial charge on any atom is -0.361 e. The number of halogens is 1. The molecule has 0 aliphatic carbocycles. The second-order valence-electron chi connectivity index (χ2n) is 1.46. The predicted molar refractivity (Wildman–Crippen MR) is 30.6 cm³/mol. The number of nitrogens with zero attached hydrogens (tertiary/aromatic N) is 1. The van der Waals surface area contributed by atoms with Gasteiger partial charge in [-0.05, 0) is 11.6 Å². The lowest BCUT2D eigenvalue weighted by atomic mass is 10.8. The molecule has 0 saturated heterocycles. The van der Waals surface area contributed by atoms with Crippen molar-refractivity contribution in [3.63, 3.8) is 0 Å². The fourth-order valence-corrected chi connectivity index (χ4v) is 0.236. The first-order valence-electron chi connectivity index (χ1n) is 2.13. The van der Waals surface area contributed by atoms with E-state index >= 15 is 0 Å². The van der Waals surface area contributed by atoms with Crippen molar-refractivity contribution in [1.82, 2.24) is 5.06 Å². The molecule has 0 bridgehead atoms. The Labute approximate surface area is 57.3 Å². The zero-order valence-electron chi connectivity index (χ0n) is 5.05. The van der Waals surface area contributed by atoms with Crippen LogP contribution in [0, 0.1) is 0 Å². The van der Waals surface area contributed by atoms with Gasteiger partial charge in [-0.15, -0.1) is 5.06 Å². The highest BCUT2D eigenvalue weighted by molar-refractivity contribution is 6.80. The smallest absolute Gasteiger partial charge is 0.361 e. The molecule has 0 amide bonds. The maximum absolute atomic E-state index is 10.2. The molecule has 0 N–H and O–H groups in total. The van der Waals surface area contributed by atoms with Crippen molar-refractivity contribution in [1.29, 1.82) is 0 Å². The van der Waals surface area contributed by atoms with Gasteiger partial charge in [-0.2, -0.15) is 0 Å².